The van der Waals surface area contributed by atoms with Crippen LogP contribution in [-0.4, -0.2) is 194 Å². The standard InChI is InChI=1S/C43H59N5O16S4/c1-45-32(18-53)63-37-41(62-30(17-52)36(54)43(37,58)59)64-40-24-4-2-11-65-67-31-8-6-21-12-23-13-48(14-25(38(55)56)34(23)47-42(44)46-9-3-10-49)28(16-51)35(31)68-66-20-27-22(15-50)5-7-29(27)61-39(57)26(19-60-40)33(21)24/h2,4,12,14,19,22,24,27-33,35-37,40-41,45,49-54,58-59H,3,5,7,9-11,13,15-18,20H2,1H3,(H,55,56)(H3,44,46,47)/p+1/b4-2+,21-12+/t22-,24+,27-,28-,29+,30+,31-,32+,33-,35-,36+,37-,40-,41-/m0/s1. The van der Waals surface area contributed by atoms with Crippen LogP contribution in [0.2, 0.25) is 0 Å². The number of carboxylic acid groups (broad SMARTS) is 1. The summed E-state index contributed by atoms with van der Waals surface area (Å²) in [5.41, 5.74) is 6.91. The number of allylic oxidation sites excluding steroid dienone is 1. The van der Waals surface area contributed by atoms with Crippen molar-refractivity contribution in [3.63, 3.8) is 0 Å². The monoisotopic (exact) mass is 1030 g/mol. The number of aliphatic carboxylic acids is 1. The molecule has 1 saturated carbocycles. The third kappa shape index (κ3) is 11.6. The molecule has 1 unspecified atom stereocenters. The highest BCUT2D eigenvalue weighted by molar-refractivity contribution is 8.78. The first-order valence-electron chi connectivity index (χ1n) is 22.2. The number of carbonyl (C=O) groups excluding carboxylic acids is 1. The average molecular weight is 1030 g/mol. The van der Waals surface area contributed by atoms with Crippen molar-refractivity contribution >= 4 is 61.1 Å². The number of nitrogens with two attached hydrogens (primary N) is 1. The van der Waals surface area contributed by atoms with Crippen LogP contribution in [-0.2, 0) is 33.3 Å². The summed E-state index contributed by atoms with van der Waals surface area (Å²) in [6, 6.07) is -0.592. The van der Waals surface area contributed by atoms with Crippen molar-refractivity contribution in [3.05, 3.63) is 58.7 Å². The van der Waals surface area contributed by atoms with Gasteiger partial charge in [0.1, 0.15) is 48.9 Å². The second-order valence-electron chi connectivity index (χ2n) is 17.1. The van der Waals surface area contributed by atoms with Gasteiger partial charge in [-0.3, -0.25) is 15.2 Å². The Morgan fingerprint density at radius 3 is 2.63 bits per heavy atom. The van der Waals surface area contributed by atoms with Gasteiger partial charge in [-0.1, -0.05) is 67.2 Å². The van der Waals surface area contributed by atoms with E-state index >= 15 is 0 Å². The van der Waals surface area contributed by atoms with E-state index in [1.54, 1.807) is 18.4 Å². The fourth-order valence-corrected chi connectivity index (χ4v) is 15.6. The minimum absolute atomic E-state index is 0.00713. The summed E-state index contributed by atoms with van der Waals surface area (Å²) in [5.74, 6) is -0.135. The van der Waals surface area contributed by atoms with Crippen molar-refractivity contribution in [2.75, 3.05) is 64.7 Å². The van der Waals surface area contributed by atoms with Gasteiger partial charge in [0.2, 0.25) is 12.1 Å². The molecule has 68 heavy (non-hydrogen) atoms. The lowest BCUT2D eigenvalue weighted by Gasteiger charge is -2.48. The summed E-state index contributed by atoms with van der Waals surface area (Å²) in [7, 11) is 7.44. The molecule has 0 aromatic rings. The number of fused-ring (bicyclic) bond motifs is 3. The van der Waals surface area contributed by atoms with E-state index < -0.39 is 103 Å². The number of rotatable bonds is 14. The van der Waals surface area contributed by atoms with Crippen LogP contribution < -0.4 is 21.3 Å². The van der Waals surface area contributed by atoms with Crippen LogP contribution in [0.25, 0.3) is 0 Å². The largest absolute Gasteiger partial charge is 0.477 e. The summed E-state index contributed by atoms with van der Waals surface area (Å²) in [4.78, 5) is 33.0. The van der Waals surface area contributed by atoms with Gasteiger partial charge in [-0.05, 0) is 38.3 Å². The fraction of sp³-hybridized carbons (Fsp3) is 0.651. The van der Waals surface area contributed by atoms with Gasteiger partial charge in [0.05, 0.1) is 53.8 Å². The Labute approximate surface area is 408 Å². The van der Waals surface area contributed by atoms with Crippen LogP contribution in [0.15, 0.2) is 63.7 Å². The number of aliphatic hydroxyl groups is 8. The zero-order valence-electron chi connectivity index (χ0n) is 37.0. The highest BCUT2D eigenvalue weighted by Gasteiger charge is 2.58. The van der Waals surface area contributed by atoms with Crippen molar-refractivity contribution in [1.82, 2.24) is 10.6 Å². The molecule has 7 rings (SSSR count). The average Bonchev–Trinajstić information content (AvgIpc) is 3.69. The highest BCUT2D eigenvalue weighted by Crippen LogP contribution is 2.47. The molecule has 0 radical (unpaired) electrons. The first-order chi connectivity index (χ1) is 32.8. The number of quaternary nitrogens is 1. The van der Waals surface area contributed by atoms with Gasteiger partial charge < -0.3 is 80.7 Å². The number of aliphatic hydroxyl groups excluding tert-OH is 6. The molecule has 6 aliphatic heterocycles. The molecule has 0 spiro atoms. The number of ether oxygens (including phenoxy) is 5. The second-order valence-corrected chi connectivity index (χ2v) is 22.2. The lowest BCUT2D eigenvalue weighted by atomic mass is 9.77. The van der Waals surface area contributed by atoms with Gasteiger partial charge in [0, 0.05) is 54.2 Å². The van der Waals surface area contributed by atoms with Gasteiger partial charge >= 0.3 is 11.9 Å². The Bertz CT molecular complexity index is 2080. The smallest absolute Gasteiger partial charge is 0.343 e. The number of esters is 1. The molecule has 6 heterocycles. The number of nitrogens with zero attached hydrogens (tertiary/aromatic N) is 1. The Hall–Kier alpha value is -2.85. The van der Waals surface area contributed by atoms with Crippen molar-refractivity contribution in [2.45, 2.75) is 84.8 Å². The maximum absolute atomic E-state index is 14.9. The van der Waals surface area contributed by atoms with Crippen LogP contribution in [0.5, 0.6) is 0 Å². The molecule has 0 aromatic carbocycles. The van der Waals surface area contributed by atoms with Gasteiger partial charge in [0.25, 0.3) is 0 Å². The number of carbonyl (C=O) groups is 2. The van der Waals surface area contributed by atoms with Gasteiger partial charge in [-0.15, -0.1) is 0 Å². The number of hydrogen-bond acceptors (Lipinski definition) is 21. The molecule has 2 fully saturated rings. The van der Waals surface area contributed by atoms with E-state index in [9.17, 15) is 55.5 Å². The minimum Gasteiger partial charge on any atom is -0.477 e. The van der Waals surface area contributed by atoms with Crippen LogP contribution in [0.4, 0.5) is 0 Å². The summed E-state index contributed by atoms with van der Waals surface area (Å²) in [6.07, 6.45) is -1.38. The van der Waals surface area contributed by atoms with Crippen LogP contribution in [0, 0.1) is 35.5 Å². The molecule has 1 aliphatic carbocycles. The van der Waals surface area contributed by atoms with E-state index in [-0.39, 0.29) is 73.1 Å². The number of guanidine groups is 1. The van der Waals surface area contributed by atoms with Gasteiger partial charge in [0.15, 0.2) is 18.4 Å². The van der Waals surface area contributed by atoms with Crippen LogP contribution in [0.1, 0.15) is 19.3 Å². The number of nitrogens with one attached hydrogen (secondary N) is 3. The number of carboxylic acids is 1. The van der Waals surface area contributed by atoms with E-state index in [0.717, 1.165) is 0 Å². The summed E-state index contributed by atoms with van der Waals surface area (Å²) in [6.45, 7) is -1.90. The Morgan fingerprint density at radius 1 is 1.12 bits per heavy atom. The first kappa shape index (κ1) is 53.0. The number of hydrogen-bond donors (Lipinski definition) is 13. The van der Waals surface area contributed by atoms with E-state index in [4.69, 9.17) is 29.4 Å². The number of likely N-dealkylation sites (N-methyl/N-ethyl adjacent to an activating group) is 1. The van der Waals surface area contributed by atoms with E-state index in [0.29, 0.717) is 41.2 Å². The lowest BCUT2D eigenvalue weighted by molar-refractivity contribution is -0.870. The molecule has 25 heteroatoms. The zero-order valence-corrected chi connectivity index (χ0v) is 40.3. The maximum Gasteiger partial charge on any atom is 0.343 e. The summed E-state index contributed by atoms with van der Waals surface area (Å²) < 4.78 is 30.9. The lowest BCUT2D eigenvalue weighted by Crippen LogP contribution is -3.14. The molecule has 0 aromatic heterocycles. The molecule has 376 valence electrons. The Balaban J connectivity index is 1.45. The molecule has 7 aliphatic rings. The Kier molecular flexibility index (Phi) is 18.7. The molecular formula is C43H60N5O16S4+. The van der Waals surface area contributed by atoms with Crippen LogP contribution >= 0.6 is 43.2 Å². The SMILES string of the molecule is CN[C@@H](CO)O[C@H]1[C@H](O[C@@H]2OC=C3C(=O)O[C@@H]4CC[C@@H](CO)[C@@H]4CSS[C@@H]4[C@@H]5C#C/C(=C\C6=C(NC(N)=NCCCO)C(C(=O)O)=C[NH+](C6)[C@H]4CO)[C@H]3[C@H]2/C=C/CSS5)O[C@H](CO)[C@@H](O)C1(O)O. The maximum atomic E-state index is 14.9. The molecule has 14 N–H and O–H groups in total. The molecule has 15 atom stereocenters. The van der Waals surface area contributed by atoms with Gasteiger partial charge in [-0.25, -0.2) is 9.59 Å². The number of aliphatic imine (C=N–C) groups is 1. The summed E-state index contributed by atoms with van der Waals surface area (Å²) >= 11 is 0. The van der Waals surface area contributed by atoms with Crippen molar-refractivity contribution < 1.29 is 84.1 Å². The van der Waals surface area contributed by atoms with Crippen molar-refractivity contribution in [1.29, 1.82) is 0 Å². The topological polar surface area (TPSA) is 329 Å². The predicted octanol–water partition coefficient (Wildman–Crippen LogP) is -3.12. The van der Waals surface area contributed by atoms with E-state index in [1.807, 2.05) is 6.08 Å². The predicted molar refractivity (Wildman–Crippen MR) is 251 cm³/mol. The quantitative estimate of drug-likeness (QED) is 0.0120. The first-order valence-corrected chi connectivity index (χ1v) is 27.0. The molecule has 6 bridgehead atoms. The highest BCUT2D eigenvalue weighted by atomic mass is 33.1. The Morgan fingerprint density at radius 2 is 1.93 bits per heavy atom. The van der Waals surface area contributed by atoms with Crippen molar-refractivity contribution in [3.8, 4) is 11.8 Å². The minimum atomic E-state index is -3.12. The third-order valence-corrected chi connectivity index (χ3v) is 18.6. The van der Waals surface area contributed by atoms with E-state index in [2.05, 4.69) is 27.5 Å². The zero-order chi connectivity index (χ0) is 48.7. The second kappa shape index (κ2) is 24.0. The van der Waals surface area contributed by atoms with Crippen LogP contribution in [0.3, 0.4) is 0 Å². The van der Waals surface area contributed by atoms with Gasteiger partial charge in [-0.2, -0.15) is 0 Å². The molecule has 0 amide bonds. The fourth-order valence-electron chi connectivity index (χ4n) is 9.29. The molecule has 21 nitrogen and oxygen atoms in total. The summed E-state index contributed by atoms with van der Waals surface area (Å²) in [5, 5.41) is 101. The molecule has 1 saturated heterocycles. The molecular weight excluding hydrogens is 971 g/mol. The normalized spacial score (nSPS) is 37.7. The third-order valence-electron chi connectivity index (χ3n) is 12.9. The van der Waals surface area contributed by atoms with Crippen molar-refractivity contribution in [2.24, 2.45) is 34.4 Å². The van der Waals surface area contributed by atoms with E-state index in [1.165, 1.54) is 56.5 Å².